The summed E-state index contributed by atoms with van der Waals surface area (Å²) in [5.41, 5.74) is 0.972. The monoisotopic (exact) mass is 270 g/mol. The van der Waals surface area contributed by atoms with Crippen molar-refractivity contribution in [1.29, 1.82) is 0 Å². The number of thiophene rings is 1. The minimum absolute atomic E-state index is 0.0619. The Kier molecular flexibility index (Phi) is 3.83. The van der Waals surface area contributed by atoms with Crippen molar-refractivity contribution in [2.75, 3.05) is 6.54 Å². The molecule has 1 saturated heterocycles. The summed E-state index contributed by atoms with van der Waals surface area (Å²) in [6.07, 6.45) is -0.681. The van der Waals surface area contributed by atoms with Gasteiger partial charge in [-0.3, -0.25) is 0 Å². The summed E-state index contributed by atoms with van der Waals surface area (Å²) in [7, 11) is 0. The van der Waals surface area contributed by atoms with Gasteiger partial charge in [0.15, 0.2) is 0 Å². The average Bonchev–Trinajstić information content (AvgIpc) is 2.94. The van der Waals surface area contributed by atoms with Gasteiger partial charge in [0, 0.05) is 19.5 Å². The average molecular weight is 270 g/mol. The van der Waals surface area contributed by atoms with Gasteiger partial charge in [-0.15, -0.1) is 0 Å². The van der Waals surface area contributed by atoms with Crippen molar-refractivity contribution >= 4 is 23.3 Å². The van der Waals surface area contributed by atoms with Crippen LogP contribution in [0.15, 0.2) is 16.8 Å². The molecule has 1 fully saturated rings. The van der Waals surface area contributed by atoms with E-state index in [1.165, 1.54) is 16.2 Å². The van der Waals surface area contributed by atoms with Crippen LogP contribution in [0, 0.1) is 0 Å². The highest BCUT2D eigenvalue weighted by Gasteiger charge is 2.38. The van der Waals surface area contributed by atoms with Crippen LogP contribution in [0.5, 0.6) is 0 Å². The highest BCUT2D eigenvalue weighted by molar-refractivity contribution is 7.07. The lowest BCUT2D eigenvalue weighted by molar-refractivity contribution is -0.141. The Morgan fingerprint density at radius 2 is 2.33 bits per heavy atom. The highest BCUT2D eigenvalue weighted by Crippen LogP contribution is 2.18. The molecule has 0 aromatic carbocycles. The summed E-state index contributed by atoms with van der Waals surface area (Å²) in [6, 6.07) is 0.492. The molecule has 2 atom stereocenters. The van der Waals surface area contributed by atoms with E-state index in [-0.39, 0.29) is 13.0 Å². The standard InChI is InChI=1S/C11H14N2O4S/c14-8-3-9(10(15)16)13(5-8)11(17)12-4-7-1-2-18-6-7/h1-2,6,8-9,14H,3-5H2,(H,12,17)(H,15,16)/t8-,9+/m1/s1. The van der Waals surface area contributed by atoms with Gasteiger partial charge in [-0.25, -0.2) is 9.59 Å². The van der Waals surface area contributed by atoms with Crippen LogP contribution in [0.25, 0.3) is 0 Å². The molecule has 0 radical (unpaired) electrons. The number of aliphatic hydroxyl groups is 1. The van der Waals surface area contributed by atoms with E-state index in [1.807, 2.05) is 16.8 Å². The maximum Gasteiger partial charge on any atom is 0.326 e. The number of carboxylic acid groups (broad SMARTS) is 1. The van der Waals surface area contributed by atoms with Gasteiger partial charge < -0.3 is 20.4 Å². The topological polar surface area (TPSA) is 89.9 Å². The van der Waals surface area contributed by atoms with E-state index in [9.17, 15) is 14.7 Å². The lowest BCUT2D eigenvalue weighted by Gasteiger charge is -2.21. The second-order valence-electron chi connectivity index (χ2n) is 4.19. The number of carboxylic acids is 1. The molecule has 1 aliphatic rings. The van der Waals surface area contributed by atoms with Gasteiger partial charge in [-0.2, -0.15) is 11.3 Å². The number of aliphatic hydroxyl groups excluding tert-OH is 1. The maximum absolute atomic E-state index is 11.8. The maximum atomic E-state index is 11.8. The number of rotatable bonds is 3. The third kappa shape index (κ3) is 2.80. The zero-order valence-electron chi connectivity index (χ0n) is 9.57. The van der Waals surface area contributed by atoms with Crippen molar-refractivity contribution in [2.45, 2.75) is 25.1 Å². The highest BCUT2D eigenvalue weighted by atomic mass is 32.1. The SMILES string of the molecule is O=C(O)[C@@H]1C[C@@H](O)CN1C(=O)NCc1ccsc1. The van der Waals surface area contributed by atoms with Gasteiger partial charge in [0.1, 0.15) is 6.04 Å². The zero-order chi connectivity index (χ0) is 13.1. The Bertz CT molecular complexity index is 434. The molecule has 2 heterocycles. The molecule has 7 heteroatoms. The molecule has 1 aliphatic heterocycles. The van der Waals surface area contributed by atoms with Crippen molar-refractivity contribution < 1.29 is 19.8 Å². The Hall–Kier alpha value is -1.60. The number of aliphatic carboxylic acids is 1. The summed E-state index contributed by atoms with van der Waals surface area (Å²) in [6.45, 7) is 0.424. The van der Waals surface area contributed by atoms with E-state index in [1.54, 1.807) is 0 Å². The van der Waals surface area contributed by atoms with Crippen LogP contribution >= 0.6 is 11.3 Å². The number of β-amino-alcohol motifs (C(OH)–C–C–N with tert-alkyl or cyclic N) is 1. The van der Waals surface area contributed by atoms with Crippen LogP contribution in [0.3, 0.4) is 0 Å². The molecule has 1 aromatic heterocycles. The summed E-state index contributed by atoms with van der Waals surface area (Å²) < 4.78 is 0. The van der Waals surface area contributed by atoms with Gasteiger partial charge in [0.25, 0.3) is 0 Å². The van der Waals surface area contributed by atoms with E-state index in [2.05, 4.69) is 5.32 Å². The lowest BCUT2D eigenvalue weighted by Crippen LogP contribution is -2.45. The number of carbonyl (C=O) groups excluding carboxylic acids is 1. The van der Waals surface area contributed by atoms with Crippen molar-refractivity contribution in [3.63, 3.8) is 0 Å². The fourth-order valence-electron chi connectivity index (χ4n) is 1.94. The molecule has 0 unspecified atom stereocenters. The fourth-order valence-corrected chi connectivity index (χ4v) is 2.61. The molecular weight excluding hydrogens is 256 g/mol. The molecule has 0 bridgehead atoms. The molecule has 2 amide bonds. The molecule has 6 nitrogen and oxygen atoms in total. The van der Waals surface area contributed by atoms with Crippen LogP contribution in [0.2, 0.25) is 0 Å². The van der Waals surface area contributed by atoms with Crippen molar-refractivity contribution in [3.8, 4) is 0 Å². The molecular formula is C11H14N2O4S. The quantitative estimate of drug-likeness (QED) is 0.745. The Morgan fingerprint density at radius 3 is 2.94 bits per heavy atom. The number of nitrogens with zero attached hydrogens (tertiary/aromatic N) is 1. The van der Waals surface area contributed by atoms with E-state index < -0.39 is 24.1 Å². The fraction of sp³-hybridized carbons (Fsp3) is 0.455. The Balaban J connectivity index is 1.93. The predicted octanol–water partition coefficient (Wildman–Crippen LogP) is 0.478. The summed E-state index contributed by atoms with van der Waals surface area (Å²) in [5.74, 6) is -1.09. The molecule has 1 aromatic rings. The van der Waals surface area contributed by atoms with Crippen LogP contribution in [0.1, 0.15) is 12.0 Å². The second-order valence-corrected chi connectivity index (χ2v) is 4.97. The van der Waals surface area contributed by atoms with E-state index in [0.29, 0.717) is 6.54 Å². The number of hydrogen-bond acceptors (Lipinski definition) is 4. The van der Waals surface area contributed by atoms with Crippen LogP contribution in [-0.2, 0) is 11.3 Å². The van der Waals surface area contributed by atoms with E-state index >= 15 is 0 Å². The molecule has 0 aliphatic carbocycles. The molecule has 18 heavy (non-hydrogen) atoms. The van der Waals surface area contributed by atoms with Gasteiger partial charge in [-0.05, 0) is 22.4 Å². The molecule has 0 spiro atoms. The number of carbonyl (C=O) groups is 2. The minimum Gasteiger partial charge on any atom is -0.480 e. The number of likely N-dealkylation sites (tertiary alicyclic amines) is 1. The smallest absolute Gasteiger partial charge is 0.326 e. The Labute approximate surface area is 108 Å². The van der Waals surface area contributed by atoms with E-state index in [4.69, 9.17) is 5.11 Å². The van der Waals surface area contributed by atoms with Crippen molar-refractivity contribution in [3.05, 3.63) is 22.4 Å². The van der Waals surface area contributed by atoms with Crippen molar-refractivity contribution in [1.82, 2.24) is 10.2 Å². The molecule has 3 N–H and O–H groups in total. The normalized spacial score (nSPS) is 23.1. The molecule has 2 rings (SSSR count). The van der Waals surface area contributed by atoms with Crippen LogP contribution in [-0.4, -0.2) is 45.8 Å². The molecule has 98 valence electrons. The van der Waals surface area contributed by atoms with Crippen molar-refractivity contribution in [2.24, 2.45) is 0 Å². The third-order valence-corrected chi connectivity index (χ3v) is 3.58. The number of nitrogens with one attached hydrogen (secondary N) is 1. The van der Waals surface area contributed by atoms with Gasteiger partial charge in [0.2, 0.25) is 0 Å². The largest absolute Gasteiger partial charge is 0.480 e. The summed E-state index contributed by atoms with van der Waals surface area (Å²) >= 11 is 1.53. The lowest BCUT2D eigenvalue weighted by atomic mass is 10.2. The first-order chi connectivity index (χ1) is 8.58. The second kappa shape index (κ2) is 5.36. The van der Waals surface area contributed by atoms with Gasteiger partial charge in [-0.1, -0.05) is 0 Å². The van der Waals surface area contributed by atoms with Crippen LogP contribution in [0.4, 0.5) is 4.79 Å². The van der Waals surface area contributed by atoms with E-state index in [0.717, 1.165) is 5.56 Å². The first-order valence-electron chi connectivity index (χ1n) is 5.54. The number of urea groups is 1. The van der Waals surface area contributed by atoms with Crippen LogP contribution < -0.4 is 5.32 Å². The minimum atomic E-state index is -1.09. The Morgan fingerprint density at radius 1 is 1.56 bits per heavy atom. The zero-order valence-corrected chi connectivity index (χ0v) is 10.4. The van der Waals surface area contributed by atoms with Gasteiger partial charge >= 0.3 is 12.0 Å². The third-order valence-electron chi connectivity index (χ3n) is 2.85. The number of hydrogen-bond donors (Lipinski definition) is 3. The first kappa shape index (κ1) is 12.8. The first-order valence-corrected chi connectivity index (χ1v) is 6.48. The predicted molar refractivity (Wildman–Crippen MR) is 65.3 cm³/mol. The van der Waals surface area contributed by atoms with Gasteiger partial charge in [0.05, 0.1) is 6.10 Å². The molecule has 0 saturated carbocycles. The number of amides is 2. The summed E-state index contributed by atoms with van der Waals surface area (Å²) in [5, 5.41) is 24.9. The summed E-state index contributed by atoms with van der Waals surface area (Å²) in [4.78, 5) is 24.0.